The monoisotopic (exact) mass is 459 g/mol. The summed E-state index contributed by atoms with van der Waals surface area (Å²) in [6, 6.07) is 14.2. The molecule has 4 rings (SSSR count). The highest BCUT2D eigenvalue weighted by atomic mass is 32.2. The Morgan fingerprint density at radius 3 is 2.65 bits per heavy atom. The number of nitrogens with zero attached hydrogens (tertiary/aromatic N) is 3. The maximum Gasteiger partial charge on any atom is 0.237 e. The van der Waals surface area contributed by atoms with Crippen molar-refractivity contribution in [1.29, 1.82) is 0 Å². The van der Waals surface area contributed by atoms with Crippen LogP contribution in [-0.2, 0) is 9.53 Å². The number of carbonyl (C=O) groups excluding carboxylic acids is 1. The molecule has 0 saturated carbocycles. The van der Waals surface area contributed by atoms with E-state index in [1.165, 1.54) is 29.2 Å². The minimum Gasteiger partial charge on any atom is -0.378 e. The second-order valence-electron chi connectivity index (χ2n) is 6.87. The molecule has 1 aliphatic rings. The summed E-state index contributed by atoms with van der Waals surface area (Å²) in [6.07, 6.45) is 0. The minimum atomic E-state index is -0.367. The molecular formula is C21H22FN5O2S2. The van der Waals surface area contributed by atoms with Gasteiger partial charge in [0.25, 0.3) is 0 Å². The summed E-state index contributed by atoms with van der Waals surface area (Å²) in [5.41, 5.74) is 2.20. The number of halogens is 1. The SMILES string of the molecule is CC(Sc1nnc(Nc2ccccc2F)s1)C(=O)Nc1ccc(N2CCOCC2)cc1. The molecule has 10 heteroatoms. The van der Waals surface area contributed by atoms with Crippen molar-refractivity contribution in [2.75, 3.05) is 41.8 Å². The Hall–Kier alpha value is -2.69. The molecule has 2 heterocycles. The normalized spacial score (nSPS) is 14.8. The fraction of sp³-hybridized carbons (Fsp3) is 0.286. The van der Waals surface area contributed by atoms with E-state index in [4.69, 9.17) is 4.74 Å². The molecule has 0 bridgehead atoms. The van der Waals surface area contributed by atoms with Crippen LogP contribution in [0.4, 0.5) is 26.6 Å². The Morgan fingerprint density at radius 1 is 1.16 bits per heavy atom. The van der Waals surface area contributed by atoms with E-state index in [-0.39, 0.29) is 17.0 Å². The minimum absolute atomic E-state index is 0.122. The van der Waals surface area contributed by atoms with Crippen molar-refractivity contribution < 1.29 is 13.9 Å². The smallest absolute Gasteiger partial charge is 0.237 e. The highest BCUT2D eigenvalue weighted by molar-refractivity contribution is 8.02. The van der Waals surface area contributed by atoms with Gasteiger partial charge in [-0.1, -0.05) is 35.2 Å². The topological polar surface area (TPSA) is 79.4 Å². The molecule has 2 N–H and O–H groups in total. The Bertz CT molecular complexity index is 1020. The Kier molecular flexibility index (Phi) is 7.00. The van der Waals surface area contributed by atoms with E-state index in [0.717, 1.165) is 37.7 Å². The third kappa shape index (κ3) is 5.72. The zero-order chi connectivity index (χ0) is 21.6. The number of aromatic nitrogens is 2. The summed E-state index contributed by atoms with van der Waals surface area (Å²) in [6.45, 7) is 5.02. The number of rotatable bonds is 7. The van der Waals surface area contributed by atoms with Gasteiger partial charge in [-0.05, 0) is 43.3 Å². The first kappa shape index (κ1) is 21.5. The number of ether oxygens (including phenoxy) is 1. The molecule has 0 radical (unpaired) electrons. The van der Waals surface area contributed by atoms with Crippen LogP contribution in [0, 0.1) is 5.82 Å². The van der Waals surface area contributed by atoms with Crippen LogP contribution in [0.15, 0.2) is 52.9 Å². The lowest BCUT2D eigenvalue weighted by molar-refractivity contribution is -0.115. The number of carbonyl (C=O) groups is 1. The Labute approximate surface area is 188 Å². The number of hydrogen-bond donors (Lipinski definition) is 2. The second-order valence-corrected chi connectivity index (χ2v) is 9.44. The van der Waals surface area contributed by atoms with Crippen LogP contribution in [-0.4, -0.2) is 47.7 Å². The average Bonchev–Trinajstić information content (AvgIpc) is 3.23. The van der Waals surface area contributed by atoms with Crippen molar-refractivity contribution in [2.24, 2.45) is 0 Å². The van der Waals surface area contributed by atoms with Crippen LogP contribution in [0.25, 0.3) is 0 Å². The van der Waals surface area contributed by atoms with Gasteiger partial charge in [-0.25, -0.2) is 4.39 Å². The van der Waals surface area contributed by atoms with Crippen molar-refractivity contribution in [1.82, 2.24) is 10.2 Å². The molecule has 0 spiro atoms. The van der Waals surface area contributed by atoms with Gasteiger partial charge >= 0.3 is 0 Å². The van der Waals surface area contributed by atoms with Crippen molar-refractivity contribution in [3.8, 4) is 0 Å². The molecule has 3 aromatic rings. The summed E-state index contributed by atoms with van der Waals surface area (Å²) in [5.74, 6) is -0.484. The molecule has 1 fully saturated rings. The second kappa shape index (κ2) is 10.1. The van der Waals surface area contributed by atoms with Crippen molar-refractivity contribution in [2.45, 2.75) is 16.5 Å². The van der Waals surface area contributed by atoms with Gasteiger partial charge in [-0.15, -0.1) is 10.2 Å². The first-order valence-corrected chi connectivity index (χ1v) is 11.5. The summed E-state index contributed by atoms with van der Waals surface area (Å²) >= 11 is 2.58. The molecule has 1 aromatic heterocycles. The predicted molar refractivity (Wildman–Crippen MR) is 123 cm³/mol. The van der Waals surface area contributed by atoms with E-state index in [1.807, 2.05) is 31.2 Å². The average molecular weight is 460 g/mol. The standard InChI is InChI=1S/C21H22FN5O2S2/c1-14(30-21-26-25-20(31-21)24-18-5-3-2-4-17(18)22)19(28)23-15-6-8-16(9-7-15)27-10-12-29-13-11-27/h2-9,14H,10-13H2,1H3,(H,23,28)(H,24,25). The molecule has 2 aromatic carbocycles. The zero-order valence-electron chi connectivity index (χ0n) is 16.9. The van der Waals surface area contributed by atoms with E-state index >= 15 is 0 Å². The summed E-state index contributed by atoms with van der Waals surface area (Å²) < 4.78 is 19.8. The van der Waals surface area contributed by atoms with Crippen molar-refractivity contribution >= 4 is 51.2 Å². The fourth-order valence-corrected chi connectivity index (χ4v) is 4.92. The van der Waals surface area contributed by atoms with E-state index in [9.17, 15) is 9.18 Å². The van der Waals surface area contributed by atoms with Gasteiger partial charge in [0.1, 0.15) is 5.82 Å². The molecule has 1 amide bonds. The van der Waals surface area contributed by atoms with Crippen molar-refractivity contribution in [3.05, 3.63) is 54.3 Å². The van der Waals surface area contributed by atoms with Gasteiger partial charge in [-0.3, -0.25) is 4.79 Å². The molecule has 162 valence electrons. The highest BCUT2D eigenvalue weighted by Crippen LogP contribution is 2.31. The van der Waals surface area contributed by atoms with Crippen LogP contribution < -0.4 is 15.5 Å². The highest BCUT2D eigenvalue weighted by Gasteiger charge is 2.18. The molecule has 7 nitrogen and oxygen atoms in total. The van der Waals surface area contributed by atoms with E-state index in [2.05, 4.69) is 25.7 Å². The number of hydrogen-bond acceptors (Lipinski definition) is 8. The number of nitrogens with one attached hydrogen (secondary N) is 2. The van der Waals surface area contributed by atoms with E-state index < -0.39 is 0 Å². The largest absolute Gasteiger partial charge is 0.378 e. The van der Waals surface area contributed by atoms with Gasteiger partial charge in [0.05, 0.1) is 24.2 Å². The number of benzene rings is 2. The zero-order valence-corrected chi connectivity index (χ0v) is 18.5. The molecule has 31 heavy (non-hydrogen) atoms. The van der Waals surface area contributed by atoms with Crippen LogP contribution in [0.1, 0.15) is 6.92 Å². The Morgan fingerprint density at radius 2 is 1.90 bits per heavy atom. The lowest BCUT2D eigenvalue weighted by Gasteiger charge is -2.28. The van der Waals surface area contributed by atoms with Crippen LogP contribution in [0.5, 0.6) is 0 Å². The fourth-order valence-electron chi connectivity index (χ4n) is 3.01. The first-order chi connectivity index (χ1) is 15.1. The van der Waals surface area contributed by atoms with Crippen LogP contribution in [0.3, 0.4) is 0 Å². The number of thioether (sulfide) groups is 1. The van der Waals surface area contributed by atoms with Gasteiger partial charge in [0.2, 0.25) is 11.0 Å². The summed E-state index contributed by atoms with van der Waals surface area (Å²) in [4.78, 5) is 14.8. The van der Waals surface area contributed by atoms with E-state index in [1.54, 1.807) is 18.2 Å². The molecule has 1 saturated heterocycles. The van der Waals surface area contributed by atoms with E-state index in [0.29, 0.717) is 15.2 Å². The lowest BCUT2D eigenvalue weighted by atomic mass is 10.2. The molecule has 0 aliphatic carbocycles. The first-order valence-electron chi connectivity index (χ1n) is 9.84. The van der Waals surface area contributed by atoms with Gasteiger partial charge in [0.15, 0.2) is 4.34 Å². The summed E-state index contributed by atoms with van der Waals surface area (Å²) in [7, 11) is 0. The molecule has 1 aliphatic heterocycles. The number of anilines is 4. The maximum atomic E-state index is 13.8. The van der Waals surface area contributed by atoms with Gasteiger partial charge in [-0.2, -0.15) is 0 Å². The lowest BCUT2D eigenvalue weighted by Crippen LogP contribution is -2.36. The molecular weight excluding hydrogens is 437 g/mol. The molecule has 1 atom stereocenters. The number of morpholine rings is 1. The molecule has 1 unspecified atom stereocenters. The third-order valence-corrected chi connectivity index (χ3v) is 6.70. The van der Waals surface area contributed by atoms with Crippen LogP contribution >= 0.6 is 23.1 Å². The number of amides is 1. The van der Waals surface area contributed by atoms with Gasteiger partial charge in [0, 0.05) is 24.5 Å². The number of para-hydroxylation sites is 1. The summed E-state index contributed by atoms with van der Waals surface area (Å²) in [5, 5.41) is 14.1. The maximum absolute atomic E-state index is 13.8. The van der Waals surface area contributed by atoms with Gasteiger partial charge < -0.3 is 20.3 Å². The quantitative estimate of drug-likeness (QED) is 0.508. The Balaban J connectivity index is 1.30. The third-order valence-electron chi connectivity index (χ3n) is 4.68. The van der Waals surface area contributed by atoms with Crippen molar-refractivity contribution in [3.63, 3.8) is 0 Å². The predicted octanol–water partition coefficient (Wildman–Crippen LogP) is 4.38. The van der Waals surface area contributed by atoms with Crippen LogP contribution in [0.2, 0.25) is 0 Å².